The minimum absolute atomic E-state index is 0.187. The fourth-order valence-electron chi connectivity index (χ4n) is 3.82. The van der Waals surface area contributed by atoms with Crippen LogP contribution in [-0.4, -0.2) is 50.0 Å². The molecule has 0 amide bonds. The van der Waals surface area contributed by atoms with Gasteiger partial charge in [-0.05, 0) is 71.7 Å². The van der Waals surface area contributed by atoms with Crippen LogP contribution in [0.15, 0.2) is 66.7 Å². The average molecular weight is 491 g/mol. The number of carboxylic acid groups (broad SMARTS) is 1. The third kappa shape index (κ3) is 5.89. The molecule has 0 saturated heterocycles. The first kappa shape index (κ1) is 24.5. The molecule has 35 heavy (non-hydrogen) atoms. The molecule has 0 unspecified atom stereocenters. The Morgan fingerprint density at radius 2 is 1.69 bits per heavy atom. The number of carbonyl (C=O) groups is 1. The summed E-state index contributed by atoms with van der Waals surface area (Å²) < 4.78 is 33.5. The Kier molecular flexibility index (Phi) is 7.22. The summed E-state index contributed by atoms with van der Waals surface area (Å²) in [5.74, 6) is 6.01. The molecule has 0 spiro atoms. The van der Waals surface area contributed by atoms with E-state index in [1.807, 2.05) is 60.7 Å². The van der Waals surface area contributed by atoms with Crippen molar-refractivity contribution in [3.8, 4) is 17.6 Å². The van der Waals surface area contributed by atoms with Crippen LogP contribution in [-0.2, 0) is 15.0 Å². The standard InChI is InChI=1S/C27H26N2O5S/c1-19(27(30)31)28-35(32,33)29-15-13-23(14-16-29)22-8-5-20(6-9-22)3-4-21-7-10-25-18-26(34-2)12-11-24(25)17-21/h5-13,17-19,28H,14-16H2,1-2H3,(H,30,31)/t19-/m1/s1. The normalized spacial score (nSPS) is 15.1. The van der Waals surface area contributed by atoms with Crippen LogP contribution in [0.5, 0.6) is 5.75 Å². The number of nitrogens with zero attached hydrogens (tertiary/aromatic N) is 1. The Hall–Kier alpha value is -3.64. The van der Waals surface area contributed by atoms with Crippen molar-refractivity contribution in [3.63, 3.8) is 0 Å². The van der Waals surface area contributed by atoms with E-state index in [1.54, 1.807) is 7.11 Å². The molecule has 180 valence electrons. The van der Waals surface area contributed by atoms with Gasteiger partial charge in [-0.25, -0.2) is 0 Å². The number of methoxy groups -OCH3 is 1. The van der Waals surface area contributed by atoms with Gasteiger partial charge >= 0.3 is 5.97 Å². The van der Waals surface area contributed by atoms with E-state index in [9.17, 15) is 13.2 Å². The molecular formula is C27H26N2O5S. The van der Waals surface area contributed by atoms with Crippen molar-refractivity contribution in [1.82, 2.24) is 9.03 Å². The van der Waals surface area contributed by atoms with E-state index in [0.29, 0.717) is 6.42 Å². The molecule has 4 rings (SSSR count). The lowest BCUT2D eigenvalue weighted by Gasteiger charge is -2.26. The van der Waals surface area contributed by atoms with E-state index in [4.69, 9.17) is 9.84 Å². The predicted molar refractivity (Wildman–Crippen MR) is 136 cm³/mol. The van der Waals surface area contributed by atoms with E-state index >= 15 is 0 Å². The van der Waals surface area contributed by atoms with Crippen molar-refractivity contribution in [2.75, 3.05) is 20.2 Å². The van der Waals surface area contributed by atoms with Gasteiger partial charge in [0.15, 0.2) is 0 Å². The third-order valence-electron chi connectivity index (χ3n) is 5.86. The number of hydrogen-bond acceptors (Lipinski definition) is 4. The van der Waals surface area contributed by atoms with Crippen LogP contribution in [0.1, 0.15) is 30.0 Å². The lowest BCUT2D eigenvalue weighted by molar-refractivity contribution is -0.138. The highest BCUT2D eigenvalue weighted by atomic mass is 32.2. The van der Waals surface area contributed by atoms with Gasteiger partial charge in [0.1, 0.15) is 11.8 Å². The summed E-state index contributed by atoms with van der Waals surface area (Å²) in [6, 6.07) is 18.7. The van der Waals surface area contributed by atoms with Gasteiger partial charge in [0.05, 0.1) is 7.11 Å². The van der Waals surface area contributed by atoms with Crippen LogP contribution >= 0.6 is 0 Å². The van der Waals surface area contributed by atoms with E-state index in [0.717, 1.165) is 38.8 Å². The van der Waals surface area contributed by atoms with Crippen LogP contribution < -0.4 is 9.46 Å². The summed E-state index contributed by atoms with van der Waals surface area (Å²) in [6.45, 7) is 1.77. The van der Waals surface area contributed by atoms with E-state index < -0.39 is 22.2 Å². The maximum Gasteiger partial charge on any atom is 0.321 e. The monoisotopic (exact) mass is 490 g/mol. The van der Waals surface area contributed by atoms with Gasteiger partial charge in [-0.2, -0.15) is 17.4 Å². The molecule has 0 bridgehead atoms. The molecule has 0 radical (unpaired) electrons. The Morgan fingerprint density at radius 3 is 2.34 bits per heavy atom. The minimum atomic E-state index is -3.86. The fourth-order valence-corrected chi connectivity index (χ4v) is 5.12. The van der Waals surface area contributed by atoms with Crippen molar-refractivity contribution < 1.29 is 23.1 Å². The van der Waals surface area contributed by atoms with Crippen LogP contribution in [0, 0.1) is 11.8 Å². The number of aliphatic carboxylic acids is 1. The molecular weight excluding hydrogens is 464 g/mol. The molecule has 0 fully saturated rings. The van der Waals surface area contributed by atoms with Crippen molar-refractivity contribution >= 4 is 32.5 Å². The van der Waals surface area contributed by atoms with Crippen molar-refractivity contribution in [3.05, 3.63) is 83.4 Å². The first-order chi connectivity index (χ1) is 16.7. The minimum Gasteiger partial charge on any atom is -0.497 e. The molecule has 2 N–H and O–H groups in total. The first-order valence-corrected chi connectivity index (χ1v) is 12.6. The van der Waals surface area contributed by atoms with E-state index in [2.05, 4.69) is 22.6 Å². The molecule has 1 aliphatic rings. The molecule has 1 heterocycles. The maximum atomic E-state index is 12.4. The lowest BCUT2D eigenvalue weighted by atomic mass is 9.99. The molecule has 1 atom stereocenters. The van der Waals surface area contributed by atoms with Gasteiger partial charge in [-0.1, -0.05) is 42.2 Å². The summed E-state index contributed by atoms with van der Waals surface area (Å²) >= 11 is 0. The summed E-state index contributed by atoms with van der Waals surface area (Å²) in [7, 11) is -2.21. The fraction of sp³-hybridized carbons (Fsp3) is 0.222. The summed E-state index contributed by atoms with van der Waals surface area (Å²) in [5, 5.41) is 11.1. The first-order valence-electron chi connectivity index (χ1n) is 11.1. The second-order valence-corrected chi connectivity index (χ2v) is 9.98. The van der Waals surface area contributed by atoms with Gasteiger partial charge in [0.2, 0.25) is 0 Å². The quantitative estimate of drug-likeness (QED) is 0.515. The Balaban J connectivity index is 1.42. The van der Waals surface area contributed by atoms with Crippen LogP contribution in [0.2, 0.25) is 0 Å². The Bertz CT molecular complexity index is 1450. The van der Waals surface area contributed by atoms with E-state index in [-0.39, 0.29) is 13.1 Å². The summed E-state index contributed by atoms with van der Waals surface area (Å²) in [6.07, 6.45) is 2.40. The second-order valence-electron chi connectivity index (χ2n) is 8.28. The number of ether oxygens (including phenoxy) is 1. The largest absolute Gasteiger partial charge is 0.497 e. The zero-order valence-electron chi connectivity index (χ0n) is 19.5. The molecule has 0 aromatic heterocycles. The van der Waals surface area contributed by atoms with E-state index in [1.165, 1.54) is 11.2 Å². The number of benzene rings is 3. The number of carboxylic acids is 1. The molecule has 8 heteroatoms. The maximum absolute atomic E-state index is 12.4. The number of fused-ring (bicyclic) bond motifs is 1. The van der Waals surface area contributed by atoms with Crippen molar-refractivity contribution in [2.24, 2.45) is 0 Å². The zero-order chi connectivity index (χ0) is 25.0. The van der Waals surface area contributed by atoms with Crippen LogP contribution in [0.4, 0.5) is 0 Å². The smallest absolute Gasteiger partial charge is 0.321 e. The Morgan fingerprint density at radius 1 is 1.03 bits per heavy atom. The highest BCUT2D eigenvalue weighted by Gasteiger charge is 2.27. The number of nitrogens with one attached hydrogen (secondary N) is 1. The SMILES string of the molecule is COc1ccc2cc(C#Cc3ccc(C4=CCN(S(=O)(=O)N[C@H](C)C(=O)O)CC4)cc3)ccc2c1. The topological polar surface area (TPSA) is 95.9 Å². The molecule has 0 aliphatic carbocycles. The molecule has 3 aromatic rings. The van der Waals surface area contributed by atoms with Gasteiger partial charge in [-0.3, -0.25) is 4.79 Å². The zero-order valence-corrected chi connectivity index (χ0v) is 20.3. The van der Waals surface area contributed by atoms with Crippen molar-refractivity contribution in [1.29, 1.82) is 0 Å². The third-order valence-corrected chi connectivity index (χ3v) is 7.53. The summed E-state index contributed by atoms with van der Waals surface area (Å²) in [4.78, 5) is 11.0. The lowest BCUT2D eigenvalue weighted by Crippen LogP contribution is -2.48. The summed E-state index contributed by atoms with van der Waals surface area (Å²) in [5.41, 5.74) is 3.87. The Labute approximate surface area is 205 Å². The predicted octanol–water partition coefficient (Wildman–Crippen LogP) is 3.64. The molecule has 7 nitrogen and oxygen atoms in total. The van der Waals surface area contributed by atoms with Crippen LogP contribution in [0.3, 0.4) is 0 Å². The van der Waals surface area contributed by atoms with Gasteiger partial charge in [0.25, 0.3) is 10.2 Å². The second kappa shape index (κ2) is 10.3. The number of hydrogen-bond donors (Lipinski definition) is 2. The van der Waals surface area contributed by atoms with Gasteiger partial charge in [-0.15, -0.1) is 0 Å². The number of rotatable bonds is 6. The van der Waals surface area contributed by atoms with Gasteiger partial charge < -0.3 is 9.84 Å². The van der Waals surface area contributed by atoms with Crippen molar-refractivity contribution in [2.45, 2.75) is 19.4 Å². The molecule has 1 aliphatic heterocycles. The highest BCUT2D eigenvalue weighted by molar-refractivity contribution is 7.87. The highest BCUT2D eigenvalue weighted by Crippen LogP contribution is 2.24. The average Bonchev–Trinajstić information content (AvgIpc) is 2.87. The molecule has 3 aromatic carbocycles. The molecule has 0 saturated carbocycles. The van der Waals surface area contributed by atoms with Gasteiger partial charge in [0, 0.05) is 24.2 Å². The van der Waals surface area contributed by atoms with Crippen LogP contribution in [0.25, 0.3) is 16.3 Å².